The van der Waals surface area contributed by atoms with Gasteiger partial charge in [-0.2, -0.15) is 0 Å². The second kappa shape index (κ2) is 11.2. The van der Waals surface area contributed by atoms with Crippen molar-refractivity contribution in [1.29, 1.82) is 0 Å². The van der Waals surface area contributed by atoms with E-state index < -0.39 is 6.57 Å². The topological polar surface area (TPSA) is 15.7 Å². The highest BCUT2D eigenvalue weighted by Gasteiger charge is 2.52. The Morgan fingerprint density at radius 2 is 1.23 bits per heavy atom. The first-order valence-corrected chi connectivity index (χ1v) is 17.3. The molecule has 0 N–H and O–H groups in total. The number of likely N-dealkylation sites (N-methyl/N-ethyl adjacent to an activating group) is 2. The average Bonchev–Trinajstić information content (AvgIpc) is 3.18. The van der Waals surface area contributed by atoms with Gasteiger partial charge in [-0.15, -0.1) is 0 Å². The van der Waals surface area contributed by atoms with Crippen molar-refractivity contribution in [3.05, 3.63) is 120 Å². The Balaban J connectivity index is 1.35. The quantitative estimate of drug-likeness (QED) is 0.215. The molecule has 0 unspecified atom stereocenters. The van der Waals surface area contributed by atoms with Crippen LogP contribution in [0.4, 0.5) is 0 Å². The average molecular weight is 569 g/mol. The highest BCUT2D eigenvalue weighted by atomic mass is 32.5. The second-order valence-electron chi connectivity index (χ2n) is 12.2. The van der Waals surface area contributed by atoms with Crippen LogP contribution < -0.4 is 0 Å². The molecular formula is C35H41N2OPS. The van der Waals surface area contributed by atoms with E-state index in [0.29, 0.717) is 5.92 Å². The second-order valence-corrected chi connectivity index (χ2v) is 16.0. The Kier molecular flexibility index (Phi) is 7.76. The van der Waals surface area contributed by atoms with Crippen LogP contribution in [0.2, 0.25) is 0 Å². The monoisotopic (exact) mass is 568 g/mol. The number of benzene rings is 4. The zero-order chi connectivity index (χ0) is 27.9. The van der Waals surface area contributed by atoms with Gasteiger partial charge in [0.25, 0.3) is 0 Å². The molecule has 3 nitrogen and oxygen atoms in total. The van der Waals surface area contributed by atoms with Crippen LogP contribution in [-0.2, 0) is 21.7 Å². The molecule has 1 saturated carbocycles. The van der Waals surface area contributed by atoms with Gasteiger partial charge in [0, 0.05) is 0 Å². The molecular weight excluding hydrogens is 527 g/mol. The zero-order valence-electron chi connectivity index (χ0n) is 24.1. The predicted molar refractivity (Wildman–Crippen MR) is 172 cm³/mol. The van der Waals surface area contributed by atoms with Crippen molar-refractivity contribution >= 4 is 29.1 Å². The van der Waals surface area contributed by atoms with Gasteiger partial charge in [0.1, 0.15) is 0 Å². The van der Waals surface area contributed by atoms with E-state index in [1.807, 2.05) is 0 Å². The maximum atomic E-state index is 7.35. The molecule has 4 atom stereocenters. The van der Waals surface area contributed by atoms with Crippen LogP contribution in [0.3, 0.4) is 0 Å². The number of hydrogen-bond acceptors (Lipinski definition) is 2. The largest absolute Gasteiger partial charge is 0.323 e. The van der Waals surface area contributed by atoms with Crippen LogP contribution >= 0.6 is 6.57 Å². The van der Waals surface area contributed by atoms with Crippen molar-refractivity contribution < 1.29 is 4.52 Å². The lowest BCUT2D eigenvalue weighted by Gasteiger charge is -2.45. The first-order chi connectivity index (χ1) is 19.3. The molecule has 2 aliphatic rings. The summed E-state index contributed by atoms with van der Waals surface area (Å²) < 4.78 is 12.2. The van der Waals surface area contributed by atoms with E-state index in [2.05, 4.69) is 140 Å². The summed E-state index contributed by atoms with van der Waals surface area (Å²) in [5, 5.41) is 2.60. The first-order valence-electron chi connectivity index (χ1n) is 14.6. The van der Waals surface area contributed by atoms with Crippen LogP contribution in [0, 0.1) is 5.92 Å². The Morgan fingerprint density at radius 1 is 0.700 bits per heavy atom. The van der Waals surface area contributed by atoms with Gasteiger partial charge < -0.3 is 4.52 Å². The molecule has 1 aliphatic carbocycles. The fourth-order valence-electron chi connectivity index (χ4n) is 7.22. The van der Waals surface area contributed by atoms with E-state index >= 15 is 0 Å². The fourth-order valence-corrected chi connectivity index (χ4v) is 10.7. The maximum absolute atomic E-state index is 7.35. The minimum atomic E-state index is -2.50. The Morgan fingerprint density at radius 3 is 1.82 bits per heavy atom. The molecule has 6 rings (SSSR count). The van der Waals surface area contributed by atoms with Crippen molar-refractivity contribution in [3.8, 4) is 0 Å². The summed E-state index contributed by atoms with van der Waals surface area (Å²) >= 11 is 6.64. The molecule has 0 radical (unpaired) electrons. The lowest BCUT2D eigenvalue weighted by atomic mass is 9.66. The fraction of sp³-hybridized carbons (Fsp3) is 0.371. The van der Waals surface area contributed by atoms with Crippen molar-refractivity contribution in [1.82, 2.24) is 9.34 Å². The van der Waals surface area contributed by atoms with Crippen molar-refractivity contribution in [3.63, 3.8) is 0 Å². The van der Waals surface area contributed by atoms with Gasteiger partial charge >= 0.3 is 0 Å². The van der Waals surface area contributed by atoms with E-state index in [1.165, 1.54) is 40.3 Å². The molecule has 2 fully saturated rings. The summed E-state index contributed by atoms with van der Waals surface area (Å²) in [7, 11) is 4.40. The van der Waals surface area contributed by atoms with Crippen LogP contribution in [0.5, 0.6) is 0 Å². The lowest BCUT2D eigenvalue weighted by Crippen LogP contribution is -2.41. The number of nitrogens with zero attached hydrogens (tertiary/aromatic N) is 2. The van der Waals surface area contributed by atoms with Gasteiger partial charge in [-0.05, 0) is 77.5 Å². The van der Waals surface area contributed by atoms with E-state index in [9.17, 15) is 0 Å². The summed E-state index contributed by atoms with van der Waals surface area (Å²) in [5.41, 5.74) is 3.94. The van der Waals surface area contributed by atoms with Crippen molar-refractivity contribution in [2.75, 3.05) is 14.1 Å². The standard InChI is InChI=1S/C35H41N2OPS/c1-35(2,30-24-23-26-15-11-12-20-29(26)25-30)31-21-13-14-22-32(31)38-39(40)36(3)33(27-16-7-5-8-17-27)34(37(39)4)28-18-9-6-10-19-28/h5-12,15-20,23-25,31-34H,13-14,21-22H2,1-4H3/t31-,32-,33-,34-/m1/s1. The maximum Gasteiger partial charge on any atom is 0.204 e. The number of rotatable bonds is 6. The molecule has 0 aromatic heterocycles. The summed E-state index contributed by atoms with van der Waals surface area (Å²) in [6.45, 7) is 2.33. The zero-order valence-corrected chi connectivity index (χ0v) is 25.8. The number of hydrogen-bond donors (Lipinski definition) is 0. The molecule has 208 valence electrons. The Bertz CT molecular complexity index is 1450. The van der Waals surface area contributed by atoms with Crippen LogP contribution in [-0.4, -0.2) is 29.5 Å². The normalized spacial score (nSPS) is 25.8. The molecule has 1 saturated heterocycles. The van der Waals surface area contributed by atoms with Gasteiger partial charge in [-0.3, -0.25) is 0 Å². The molecule has 0 spiro atoms. The molecule has 4 aromatic carbocycles. The molecule has 0 amide bonds. The summed E-state index contributed by atoms with van der Waals surface area (Å²) in [6.07, 6.45) is 4.79. The first kappa shape index (κ1) is 27.8. The molecule has 5 heteroatoms. The molecule has 40 heavy (non-hydrogen) atoms. The third-order valence-electron chi connectivity index (χ3n) is 9.58. The van der Waals surface area contributed by atoms with E-state index in [1.54, 1.807) is 0 Å². The Labute approximate surface area is 245 Å². The van der Waals surface area contributed by atoms with Crippen LogP contribution in [0.1, 0.15) is 68.3 Å². The van der Waals surface area contributed by atoms with Crippen molar-refractivity contribution in [2.45, 2.75) is 63.1 Å². The minimum absolute atomic E-state index is 0.0296. The summed E-state index contributed by atoms with van der Waals surface area (Å²) in [4.78, 5) is 0. The molecule has 1 heterocycles. The highest BCUT2D eigenvalue weighted by molar-refractivity contribution is 8.10. The van der Waals surface area contributed by atoms with E-state index in [4.69, 9.17) is 16.3 Å². The third kappa shape index (κ3) is 4.89. The van der Waals surface area contributed by atoms with Gasteiger partial charge in [0.2, 0.25) is 6.57 Å². The smallest absolute Gasteiger partial charge is 0.204 e. The third-order valence-corrected chi connectivity index (χ3v) is 14.0. The predicted octanol–water partition coefficient (Wildman–Crippen LogP) is 9.28. The van der Waals surface area contributed by atoms with Gasteiger partial charge in [0.05, 0.1) is 18.2 Å². The van der Waals surface area contributed by atoms with E-state index in [-0.39, 0.29) is 23.6 Å². The van der Waals surface area contributed by atoms with Gasteiger partial charge in [0.15, 0.2) is 0 Å². The molecule has 0 bridgehead atoms. The van der Waals surface area contributed by atoms with E-state index in [0.717, 1.165) is 12.8 Å². The highest BCUT2D eigenvalue weighted by Crippen LogP contribution is 2.70. The molecule has 4 aromatic rings. The van der Waals surface area contributed by atoms with Gasteiger partial charge in [-0.1, -0.05) is 130 Å². The summed E-state index contributed by atoms with van der Waals surface area (Å²) in [5.74, 6) is 0.398. The number of fused-ring (bicyclic) bond motifs is 1. The van der Waals surface area contributed by atoms with Crippen LogP contribution in [0.25, 0.3) is 10.8 Å². The van der Waals surface area contributed by atoms with Crippen molar-refractivity contribution in [2.24, 2.45) is 5.92 Å². The SMILES string of the molecule is CN1[C@H](c2ccccc2)[C@@H](c2ccccc2)N(C)P1(=S)O[C@@H]1CCCC[C@H]1C(C)(C)c1ccc2ccccc2c1. The minimum Gasteiger partial charge on any atom is -0.323 e. The summed E-state index contributed by atoms with van der Waals surface area (Å²) in [6, 6.07) is 37.6. The molecule has 1 aliphatic heterocycles. The Hall–Kier alpha value is -2.33. The lowest BCUT2D eigenvalue weighted by molar-refractivity contribution is 0.0516. The van der Waals surface area contributed by atoms with Crippen LogP contribution in [0.15, 0.2) is 103 Å². The van der Waals surface area contributed by atoms with Gasteiger partial charge in [-0.25, -0.2) is 9.34 Å².